The van der Waals surface area contributed by atoms with Crippen LogP contribution < -0.4 is 0 Å². The Hall–Kier alpha value is -3.34. The number of ketones is 1. The summed E-state index contributed by atoms with van der Waals surface area (Å²) in [4.78, 5) is 40.8. The predicted octanol–water partition coefficient (Wildman–Crippen LogP) is 5.37. The SMILES string of the molecule is CN1CCN(C(=O)Cn2cc(-c3cnc4c(n3)c(C(=O)C(C)(C)C)cn4COCC[Si](C)(C)C)c3ccccc32)CC1. The van der Waals surface area contributed by atoms with Gasteiger partial charge in [0.05, 0.1) is 17.5 Å². The molecule has 0 saturated carbocycles. The number of likely N-dealkylation sites (N-methyl/N-ethyl adjacent to an activating group) is 1. The number of ether oxygens (including phenoxy) is 1. The van der Waals surface area contributed by atoms with E-state index < -0.39 is 13.5 Å². The van der Waals surface area contributed by atoms with Crippen LogP contribution in [0.25, 0.3) is 33.3 Å². The van der Waals surface area contributed by atoms with Crippen LogP contribution in [-0.2, 0) is 22.8 Å². The second-order valence-corrected chi connectivity index (χ2v) is 19.4. The number of aromatic nitrogens is 4. The van der Waals surface area contributed by atoms with Crippen LogP contribution in [0.1, 0.15) is 31.1 Å². The number of hydrogen-bond donors (Lipinski definition) is 0. The van der Waals surface area contributed by atoms with Crippen molar-refractivity contribution < 1.29 is 14.3 Å². The van der Waals surface area contributed by atoms with Gasteiger partial charge in [0.15, 0.2) is 11.4 Å². The third kappa shape index (κ3) is 6.50. The normalized spacial score (nSPS) is 15.2. The predicted molar refractivity (Wildman–Crippen MR) is 170 cm³/mol. The molecule has 1 aliphatic heterocycles. The third-order valence-corrected chi connectivity index (χ3v) is 9.65. The van der Waals surface area contributed by atoms with Gasteiger partial charge in [-0.3, -0.25) is 9.59 Å². The number of hydrogen-bond acceptors (Lipinski definition) is 6. The summed E-state index contributed by atoms with van der Waals surface area (Å²) in [7, 11) is 0.866. The second kappa shape index (κ2) is 11.7. The van der Waals surface area contributed by atoms with Crippen LogP contribution in [-0.4, -0.2) is 88.5 Å². The fraction of sp³-hybridized carbons (Fsp3) is 0.500. The minimum atomic E-state index is -1.22. The average Bonchev–Trinajstić information content (AvgIpc) is 3.48. The molecule has 4 aromatic rings. The Labute approximate surface area is 249 Å². The molecule has 1 fully saturated rings. The molecule has 9 nitrogen and oxygen atoms in total. The van der Waals surface area contributed by atoms with Crippen molar-refractivity contribution in [2.75, 3.05) is 39.8 Å². The molecule has 1 amide bonds. The maximum atomic E-state index is 13.5. The van der Waals surface area contributed by atoms with Gasteiger partial charge in [0, 0.05) is 75.1 Å². The second-order valence-electron chi connectivity index (χ2n) is 13.7. The van der Waals surface area contributed by atoms with E-state index in [9.17, 15) is 9.59 Å². The molecule has 5 rings (SSSR count). The van der Waals surface area contributed by atoms with Crippen LogP contribution in [0, 0.1) is 5.41 Å². The summed E-state index contributed by atoms with van der Waals surface area (Å²) in [5.41, 5.74) is 3.71. The smallest absolute Gasteiger partial charge is 0.242 e. The van der Waals surface area contributed by atoms with Gasteiger partial charge in [-0.2, -0.15) is 0 Å². The van der Waals surface area contributed by atoms with Gasteiger partial charge in [-0.1, -0.05) is 58.6 Å². The van der Waals surface area contributed by atoms with Crippen molar-refractivity contribution in [3.8, 4) is 11.3 Å². The molecule has 0 unspecified atom stereocenters. The Morgan fingerprint density at radius 1 is 1.00 bits per heavy atom. The molecule has 4 heterocycles. The molecule has 3 aromatic heterocycles. The summed E-state index contributed by atoms with van der Waals surface area (Å²) >= 11 is 0. The first-order valence-corrected chi connectivity index (χ1v) is 18.6. The summed E-state index contributed by atoms with van der Waals surface area (Å²) in [5, 5.41) is 0.995. The maximum Gasteiger partial charge on any atom is 0.242 e. The van der Waals surface area contributed by atoms with E-state index in [0.717, 1.165) is 48.7 Å². The molecule has 0 radical (unpaired) electrons. The van der Waals surface area contributed by atoms with Crippen LogP contribution in [0.2, 0.25) is 25.7 Å². The van der Waals surface area contributed by atoms with Gasteiger partial charge < -0.3 is 23.7 Å². The molecule has 0 atom stereocenters. The van der Waals surface area contributed by atoms with E-state index in [1.54, 1.807) is 6.20 Å². The van der Waals surface area contributed by atoms with Crippen LogP contribution in [0.5, 0.6) is 0 Å². The molecule has 0 bridgehead atoms. The number of amides is 1. The van der Waals surface area contributed by atoms with Gasteiger partial charge in [0.1, 0.15) is 18.8 Å². The fourth-order valence-electron chi connectivity index (χ4n) is 5.27. The lowest BCUT2D eigenvalue weighted by molar-refractivity contribution is -0.133. The van der Waals surface area contributed by atoms with E-state index in [1.807, 2.05) is 71.5 Å². The summed E-state index contributed by atoms with van der Waals surface area (Å²) in [6.07, 6.45) is 5.60. The summed E-state index contributed by atoms with van der Waals surface area (Å²) < 4.78 is 9.93. The first-order valence-electron chi connectivity index (χ1n) is 14.8. The molecule has 0 aliphatic carbocycles. The average molecular weight is 589 g/mol. The van der Waals surface area contributed by atoms with E-state index >= 15 is 0 Å². The third-order valence-electron chi connectivity index (χ3n) is 7.94. The summed E-state index contributed by atoms with van der Waals surface area (Å²) in [5.74, 6) is 0.126. The quantitative estimate of drug-likeness (QED) is 0.149. The Morgan fingerprint density at radius 2 is 1.71 bits per heavy atom. The first kappa shape index (κ1) is 30.1. The lowest BCUT2D eigenvalue weighted by Gasteiger charge is -2.32. The van der Waals surface area contributed by atoms with E-state index in [2.05, 4.69) is 31.6 Å². The summed E-state index contributed by atoms with van der Waals surface area (Å²) in [6, 6.07) is 9.13. The number of benzene rings is 1. The first-order chi connectivity index (χ1) is 19.8. The Balaban J connectivity index is 1.50. The molecule has 1 aromatic carbocycles. The molecular weight excluding hydrogens is 544 g/mol. The van der Waals surface area contributed by atoms with Crippen LogP contribution in [0.3, 0.4) is 0 Å². The van der Waals surface area contributed by atoms with Gasteiger partial charge in [0.2, 0.25) is 5.91 Å². The van der Waals surface area contributed by atoms with Crippen LogP contribution in [0.4, 0.5) is 0 Å². The number of para-hydroxylation sites is 1. The van der Waals surface area contributed by atoms with E-state index in [-0.39, 0.29) is 18.2 Å². The van der Waals surface area contributed by atoms with Gasteiger partial charge in [0.25, 0.3) is 0 Å². The number of carbonyl (C=O) groups is 2. The largest absolute Gasteiger partial charge is 0.361 e. The zero-order valence-electron chi connectivity index (χ0n) is 26.1. The molecule has 1 aliphatic rings. The van der Waals surface area contributed by atoms with Crippen molar-refractivity contribution in [2.24, 2.45) is 5.41 Å². The molecule has 42 heavy (non-hydrogen) atoms. The standard InChI is InChI=1S/C32H44N6O3Si/c1-32(2,3)30(40)25-20-38(22-41-16-17-42(5,6)7)31-29(25)34-26(18-33-31)24-19-37(27-11-9-8-10-23(24)27)21-28(39)36-14-12-35(4)13-15-36/h8-11,18-20H,12-17,21-22H2,1-7H3. The zero-order valence-corrected chi connectivity index (χ0v) is 27.1. The van der Waals surface area contributed by atoms with Crippen molar-refractivity contribution in [3.05, 3.63) is 48.4 Å². The fourth-order valence-corrected chi connectivity index (χ4v) is 6.03. The van der Waals surface area contributed by atoms with E-state index in [1.165, 1.54) is 0 Å². The van der Waals surface area contributed by atoms with Gasteiger partial charge in [-0.15, -0.1) is 0 Å². The highest BCUT2D eigenvalue weighted by Crippen LogP contribution is 2.32. The van der Waals surface area contributed by atoms with Crippen molar-refractivity contribution in [3.63, 3.8) is 0 Å². The zero-order chi connectivity index (χ0) is 30.2. The van der Waals surface area contributed by atoms with Crippen LogP contribution >= 0.6 is 0 Å². The Morgan fingerprint density at radius 3 is 2.40 bits per heavy atom. The number of rotatable bonds is 9. The van der Waals surface area contributed by atoms with Crippen LogP contribution in [0.15, 0.2) is 42.9 Å². The van der Waals surface area contributed by atoms with Crippen molar-refractivity contribution >= 4 is 41.8 Å². The molecule has 1 saturated heterocycles. The number of carbonyl (C=O) groups excluding carboxylic acids is 2. The summed E-state index contributed by atoms with van der Waals surface area (Å²) in [6.45, 7) is 17.3. The molecule has 0 spiro atoms. The van der Waals surface area contributed by atoms with Gasteiger partial charge in [-0.25, -0.2) is 9.97 Å². The number of Topliss-reactive ketones (excluding diaryl/α,β-unsaturated/α-hetero) is 1. The lowest BCUT2D eigenvalue weighted by atomic mass is 9.87. The van der Waals surface area contributed by atoms with E-state index in [0.29, 0.717) is 35.8 Å². The number of nitrogens with zero attached hydrogens (tertiary/aromatic N) is 6. The molecule has 0 N–H and O–H groups in total. The van der Waals surface area contributed by atoms with Gasteiger partial charge in [-0.05, 0) is 19.2 Å². The maximum absolute atomic E-state index is 13.5. The van der Waals surface area contributed by atoms with Gasteiger partial charge >= 0.3 is 0 Å². The minimum Gasteiger partial charge on any atom is -0.361 e. The Kier molecular flexibility index (Phi) is 8.42. The molecular formula is C32H44N6O3Si. The molecule has 224 valence electrons. The molecule has 10 heteroatoms. The van der Waals surface area contributed by atoms with Crippen molar-refractivity contribution in [1.29, 1.82) is 0 Å². The number of fused-ring (bicyclic) bond motifs is 2. The lowest BCUT2D eigenvalue weighted by Crippen LogP contribution is -2.48. The Bertz CT molecular complexity index is 1600. The van der Waals surface area contributed by atoms with Crippen molar-refractivity contribution in [2.45, 2.75) is 59.7 Å². The van der Waals surface area contributed by atoms with E-state index in [4.69, 9.17) is 14.7 Å². The highest BCUT2D eigenvalue weighted by Gasteiger charge is 2.28. The monoisotopic (exact) mass is 588 g/mol. The number of piperazine rings is 1. The highest BCUT2D eigenvalue weighted by molar-refractivity contribution is 6.76. The minimum absolute atomic E-state index is 0.0139. The highest BCUT2D eigenvalue weighted by atomic mass is 28.3. The topological polar surface area (TPSA) is 85.5 Å². The van der Waals surface area contributed by atoms with Crippen molar-refractivity contribution in [1.82, 2.24) is 28.9 Å².